The molecule has 1 N–H and O–H groups in total. The number of amides is 1. The Balaban J connectivity index is 1.40. The zero-order valence-corrected chi connectivity index (χ0v) is 15.0. The van der Waals surface area contributed by atoms with Crippen LogP contribution in [0.1, 0.15) is 47.0 Å². The minimum atomic E-state index is -0.406. The molecule has 5 unspecified atom stereocenters. The fourth-order valence-electron chi connectivity index (χ4n) is 4.39. The minimum Gasteiger partial charge on any atom is -0.444 e. The Morgan fingerprint density at radius 1 is 1.35 bits per heavy atom. The van der Waals surface area contributed by atoms with Crippen molar-refractivity contribution in [2.24, 2.45) is 23.7 Å². The van der Waals surface area contributed by atoms with Crippen LogP contribution in [0.15, 0.2) is 12.2 Å². The zero-order valence-electron chi connectivity index (χ0n) is 15.0. The number of nitrogens with one attached hydrogen (secondary N) is 1. The van der Waals surface area contributed by atoms with Crippen molar-refractivity contribution in [2.75, 3.05) is 19.6 Å². The van der Waals surface area contributed by atoms with Crippen molar-refractivity contribution in [1.82, 2.24) is 10.2 Å². The van der Waals surface area contributed by atoms with E-state index in [1.807, 2.05) is 25.7 Å². The molecule has 3 rings (SSSR count). The standard InChI is InChI=1S/C19H32N2O2/c1-13(17-10-14-5-6-16(17)9-14)20-11-15-7-8-21(12-15)18(22)23-19(2,3)4/h5-6,13-17,20H,7-12H2,1-4H3. The number of allylic oxidation sites excluding steroid dienone is 2. The highest BCUT2D eigenvalue weighted by Crippen LogP contribution is 2.44. The first-order valence-corrected chi connectivity index (χ1v) is 9.21. The molecule has 0 aromatic carbocycles. The van der Waals surface area contributed by atoms with Gasteiger partial charge in [-0.2, -0.15) is 0 Å². The lowest BCUT2D eigenvalue weighted by atomic mass is 9.87. The molecule has 4 nitrogen and oxygen atoms in total. The van der Waals surface area contributed by atoms with Crippen molar-refractivity contribution < 1.29 is 9.53 Å². The van der Waals surface area contributed by atoms with E-state index in [0.29, 0.717) is 12.0 Å². The highest BCUT2D eigenvalue weighted by Gasteiger charge is 2.38. The van der Waals surface area contributed by atoms with Gasteiger partial charge in [0.05, 0.1) is 0 Å². The van der Waals surface area contributed by atoms with E-state index in [4.69, 9.17) is 4.74 Å². The Kier molecular flexibility index (Phi) is 4.73. The first-order valence-electron chi connectivity index (χ1n) is 9.21. The molecule has 0 aromatic heterocycles. The fraction of sp³-hybridized carbons (Fsp3) is 0.842. The molecule has 0 spiro atoms. The van der Waals surface area contributed by atoms with Gasteiger partial charge in [0.2, 0.25) is 0 Å². The molecule has 2 aliphatic carbocycles. The number of nitrogens with zero attached hydrogens (tertiary/aromatic N) is 1. The van der Waals surface area contributed by atoms with E-state index >= 15 is 0 Å². The molecule has 130 valence electrons. The van der Waals surface area contributed by atoms with Crippen LogP contribution in [-0.4, -0.2) is 42.3 Å². The average Bonchev–Trinajstić information content (AvgIpc) is 3.18. The second-order valence-electron chi connectivity index (χ2n) is 8.72. The summed E-state index contributed by atoms with van der Waals surface area (Å²) in [5, 5.41) is 3.75. The van der Waals surface area contributed by atoms with Crippen LogP contribution < -0.4 is 5.32 Å². The summed E-state index contributed by atoms with van der Waals surface area (Å²) >= 11 is 0. The van der Waals surface area contributed by atoms with Crippen LogP contribution >= 0.6 is 0 Å². The SMILES string of the molecule is CC(NCC1CCN(C(=O)OC(C)(C)C)C1)C1CC2C=CC1C2. The molecule has 1 heterocycles. The van der Waals surface area contributed by atoms with Crippen LogP contribution in [0.2, 0.25) is 0 Å². The topological polar surface area (TPSA) is 41.6 Å². The molecule has 2 fully saturated rings. The molecule has 0 radical (unpaired) electrons. The Labute approximate surface area is 140 Å². The largest absolute Gasteiger partial charge is 0.444 e. The molecule has 1 aliphatic heterocycles. The second kappa shape index (κ2) is 6.46. The molecular formula is C19H32N2O2. The third-order valence-electron chi connectivity index (χ3n) is 5.64. The van der Waals surface area contributed by atoms with Gasteiger partial charge < -0.3 is 15.0 Å². The molecule has 1 saturated heterocycles. The molecule has 5 atom stereocenters. The van der Waals surface area contributed by atoms with Gasteiger partial charge in [-0.1, -0.05) is 12.2 Å². The first-order chi connectivity index (χ1) is 10.8. The van der Waals surface area contributed by atoms with Crippen molar-refractivity contribution in [3.63, 3.8) is 0 Å². The maximum Gasteiger partial charge on any atom is 0.410 e. The van der Waals surface area contributed by atoms with Crippen molar-refractivity contribution in [3.8, 4) is 0 Å². The van der Waals surface area contributed by atoms with Crippen molar-refractivity contribution in [1.29, 1.82) is 0 Å². The van der Waals surface area contributed by atoms with Gasteiger partial charge in [-0.3, -0.25) is 0 Å². The molecule has 1 saturated carbocycles. The van der Waals surface area contributed by atoms with Crippen molar-refractivity contribution >= 4 is 6.09 Å². The smallest absolute Gasteiger partial charge is 0.410 e. The van der Waals surface area contributed by atoms with Crippen molar-refractivity contribution in [2.45, 2.75) is 58.6 Å². The first kappa shape index (κ1) is 16.8. The van der Waals surface area contributed by atoms with E-state index in [1.54, 1.807) is 0 Å². The van der Waals surface area contributed by atoms with E-state index in [1.165, 1.54) is 12.8 Å². The van der Waals surface area contributed by atoms with Gasteiger partial charge in [-0.05, 0) is 77.2 Å². The van der Waals surface area contributed by atoms with Crippen LogP contribution in [0.4, 0.5) is 4.79 Å². The lowest BCUT2D eigenvalue weighted by molar-refractivity contribution is 0.0288. The van der Waals surface area contributed by atoms with Gasteiger partial charge in [0.1, 0.15) is 5.60 Å². The minimum absolute atomic E-state index is 0.161. The van der Waals surface area contributed by atoms with Crippen molar-refractivity contribution in [3.05, 3.63) is 12.2 Å². The summed E-state index contributed by atoms with van der Waals surface area (Å²) in [5.74, 6) is 2.99. The predicted octanol–water partition coefficient (Wildman–Crippen LogP) is 3.43. The third-order valence-corrected chi connectivity index (χ3v) is 5.64. The zero-order chi connectivity index (χ0) is 16.6. The Morgan fingerprint density at radius 3 is 2.74 bits per heavy atom. The lowest BCUT2D eigenvalue weighted by Crippen LogP contribution is -2.40. The van der Waals surface area contributed by atoms with Crippen LogP contribution in [0.3, 0.4) is 0 Å². The summed E-state index contributed by atoms with van der Waals surface area (Å²) in [6, 6.07) is 0.575. The monoisotopic (exact) mass is 320 g/mol. The Bertz CT molecular complexity index is 468. The molecular weight excluding hydrogens is 288 g/mol. The number of carbonyl (C=O) groups excluding carboxylic acids is 1. The Morgan fingerprint density at radius 2 is 2.13 bits per heavy atom. The van der Waals surface area contributed by atoms with Crippen LogP contribution in [0.5, 0.6) is 0 Å². The van der Waals surface area contributed by atoms with E-state index in [0.717, 1.165) is 43.8 Å². The fourth-order valence-corrected chi connectivity index (χ4v) is 4.39. The average molecular weight is 320 g/mol. The molecule has 1 amide bonds. The maximum absolute atomic E-state index is 12.1. The Hall–Kier alpha value is -1.03. The van der Waals surface area contributed by atoms with Gasteiger partial charge in [0.25, 0.3) is 0 Å². The molecule has 2 bridgehead atoms. The van der Waals surface area contributed by atoms with Gasteiger partial charge in [-0.25, -0.2) is 4.79 Å². The highest BCUT2D eigenvalue weighted by atomic mass is 16.6. The molecule has 4 heteroatoms. The molecule has 0 aromatic rings. The summed E-state index contributed by atoms with van der Waals surface area (Å²) in [4.78, 5) is 14.0. The van der Waals surface area contributed by atoms with Crippen LogP contribution in [0.25, 0.3) is 0 Å². The highest BCUT2D eigenvalue weighted by molar-refractivity contribution is 5.68. The number of hydrogen-bond acceptors (Lipinski definition) is 3. The van der Waals surface area contributed by atoms with Crippen LogP contribution in [0, 0.1) is 23.7 Å². The summed E-state index contributed by atoms with van der Waals surface area (Å²) in [6.45, 7) is 10.8. The van der Waals surface area contributed by atoms with E-state index < -0.39 is 5.60 Å². The summed E-state index contributed by atoms with van der Waals surface area (Å²) in [7, 11) is 0. The number of ether oxygens (including phenoxy) is 1. The van der Waals surface area contributed by atoms with Gasteiger partial charge in [-0.15, -0.1) is 0 Å². The summed E-state index contributed by atoms with van der Waals surface area (Å²) in [5.41, 5.74) is -0.406. The summed E-state index contributed by atoms with van der Waals surface area (Å²) < 4.78 is 5.47. The normalized spacial score (nSPS) is 34.2. The van der Waals surface area contributed by atoms with Gasteiger partial charge in [0.15, 0.2) is 0 Å². The summed E-state index contributed by atoms with van der Waals surface area (Å²) in [6.07, 6.45) is 8.47. The van der Waals surface area contributed by atoms with E-state index in [-0.39, 0.29) is 6.09 Å². The number of likely N-dealkylation sites (tertiary alicyclic amines) is 1. The second-order valence-corrected chi connectivity index (χ2v) is 8.72. The number of hydrogen-bond donors (Lipinski definition) is 1. The van der Waals surface area contributed by atoms with E-state index in [2.05, 4.69) is 24.4 Å². The number of fused-ring (bicyclic) bond motifs is 2. The quantitative estimate of drug-likeness (QED) is 0.807. The maximum atomic E-state index is 12.1. The van der Waals surface area contributed by atoms with Gasteiger partial charge >= 0.3 is 6.09 Å². The third kappa shape index (κ3) is 4.09. The van der Waals surface area contributed by atoms with E-state index in [9.17, 15) is 4.79 Å². The van der Waals surface area contributed by atoms with Crippen LogP contribution in [-0.2, 0) is 4.74 Å². The molecule has 3 aliphatic rings. The van der Waals surface area contributed by atoms with Gasteiger partial charge in [0, 0.05) is 19.1 Å². The number of carbonyl (C=O) groups is 1. The predicted molar refractivity (Wildman–Crippen MR) is 92.2 cm³/mol. The lowest BCUT2D eigenvalue weighted by Gasteiger charge is -2.27. The molecule has 23 heavy (non-hydrogen) atoms. The number of rotatable bonds is 4.